The van der Waals surface area contributed by atoms with Crippen molar-refractivity contribution in [2.45, 2.75) is 6.42 Å². The Balaban J connectivity index is 1.76. The van der Waals surface area contributed by atoms with E-state index in [-0.39, 0.29) is 5.91 Å². The van der Waals surface area contributed by atoms with Gasteiger partial charge in [0.25, 0.3) is 5.91 Å². The predicted molar refractivity (Wildman–Crippen MR) is 101 cm³/mol. The molecule has 3 heterocycles. The number of nitrogens with zero attached hydrogens (tertiary/aromatic N) is 2. The SMILES string of the molecule is COc1cc(-c2nccc(-c3cc4c([nH]3)CCNC4=O)n2)cc(Cl)c1OC. The second-order valence-corrected chi connectivity index (χ2v) is 6.45. The first kappa shape index (κ1) is 17.4. The number of nitrogens with one attached hydrogen (secondary N) is 2. The number of rotatable bonds is 4. The van der Waals surface area contributed by atoms with Gasteiger partial charge in [0.1, 0.15) is 0 Å². The summed E-state index contributed by atoms with van der Waals surface area (Å²) < 4.78 is 10.6. The van der Waals surface area contributed by atoms with Crippen LogP contribution in [0.3, 0.4) is 0 Å². The summed E-state index contributed by atoms with van der Waals surface area (Å²) in [6.07, 6.45) is 2.44. The topological polar surface area (TPSA) is 89.1 Å². The molecule has 138 valence electrons. The molecule has 27 heavy (non-hydrogen) atoms. The zero-order valence-corrected chi connectivity index (χ0v) is 15.6. The van der Waals surface area contributed by atoms with Crippen molar-refractivity contribution in [1.82, 2.24) is 20.3 Å². The zero-order chi connectivity index (χ0) is 19.0. The molecule has 0 saturated carbocycles. The number of H-pyrrole nitrogens is 1. The van der Waals surface area contributed by atoms with E-state index in [1.807, 2.05) is 6.07 Å². The van der Waals surface area contributed by atoms with Crippen molar-refractivity contribution in [2.75, 3.05) is 20.8 Å². The molecule has 4 rings (SSSR count). The summed E-state index contributed by atoms with van der Waals surface area (Å²) in [5.74, 6) is 1.38. The van der Waals surface area contributed by atoms with Crippen LogP contribution in [0, 0.1) is 0 Å². The van der Waals surface area contributed by atoms with E-state index >= 15 is 0 Å². The van der Waals surface area contributed by atoms with E-state index in [2.05, 4.69) is 20.3 Å². The van der Waals surface area contributed by atoms with Gasteiger partial charge in [0.2, 0.25) is 0 Å². The Kier molecular flexibility index (Phi) is 4.45. The van der Waals surface area contributed by atoms with Crippen molar-refractivity contribution < 1.29 is 14.3 Å². The van der Waals surface area contributed by atoms with Gasteiger partial charge in [0.15, 0.2) is 17.3 Å². The van der Waals surface area contributed by atoms with Crippen LogP contribution in [0.15, 0.2) is 30.5 Å². The van der Waals surface area contributed by atoms with Crippen LogP contribution < -0.4 is 14.8 Å². The van der Waals surface area contributed by atoms with E-state index in [0.29, 0.717) is 45.7 Å². The van der Waals surface area contributed by atoms with Crippen molar-refractivity contribution in [3.8, 4) is 34.3 Å². The Morgan fingerprint density at radius 3 is 2.78 bits per heavy atom. The molecule has 1 amide bonds. The lowest BCUT2D eigenvalue weighted by Crippen LogP contribution is -2.31. The lowest BCUT2D eigenvalue weighted by molar-refractivity contribution is 0.0946. The number of ether oxygens (including phenoxy) is 2. The highest BCUT2D eigenvalue weighted by Crippen LogP contribution is 2.38. The van der Waals surface area contributed by atoms with Gasteiger partial charge in [-0.25, -0.2) is 9.97 Å². The molecule has 1 aliphatic rings. The van der Waals surface area contributed by atoms with Crippen LogP contribution >= 0.6 is 11.6 Å². The number of hydrogen-bond acceptors (Lipinski definition) is 5. The summed E-state index contributed by atoms with van der Waals surface area (Å²) in [5.41, 5.74) is 3.74. The number of carbonyl (C=O) groups excluding carboxylic acids is 1. The fraction of sp³-hybridized carbons (Fsp3) is 0.211. The number of amides is 1. The lowest BCUT2D eigenvalue weighted by Gasteiger charge is -2.11. The Bertz CT molecular complexity index is 1030. The van der Waals surface area contributed by atoms with Gasteiger partial charge in [-0.3, -0.25) is 4.79 Å². The fourth-order valence-corrected chi connectivity index (χ4v) is 3.41. The first-order valence-corrected chi connectivity index (χ1v) is 8.74. The number of aromatic amines is 1. The summed E-state index contributed by atoms with van der Waals surface area (Å²) in [6, 6.07) is 7.12. The van der Waals surface area contributed by atoms with Crippen LogP contribution in [0.4, 0.5) is 0 Å². The van der Waals surface area contributed by atoms with Gasteiger partial charge in [0.05, 0.1) is 36.2 Å². The van der Waals surface area contributed by atoms with Gasteiger partial charge in [-0.05, 0) is 24.3 Å². The Labute approximate surface area is 160 Å². The highest BCUT2D eigenvalue weighted by atomic mass is 35.5. The smallest absolute Gasteiger partial charge is 0.253 e. The van der Waals surface area contributed by atoms with E-state index in [0.717, 1.165) is 17.8 Å². The van der Waals surface area contributed by atoms with E-state index in [4.69, 9.17) is 21.1 Å². The summed E-state index contributed by atoms with van der Waals surface area (Å²) >= 11 is 6.29. The summed E-state index contributed by atoms with van der Waals surface area (Å²) in [6.45, 7) is 0.630. The summed E-state index contributed by atoms with van der Waals surface area (Å²) in [5, 5.41) is 3.25. The normalized spacial score (nSPS) is 13.1. The molecule has 0 aliphatic carbocycles. The average Bonchev–Trinajstić information content (AvgIpc) is 3.13. The first-order valence-electron chi connectivity index (χ1n) is 8.36. The van der Waals surface area contributed by atoms with Crippen LogP contribution in [0.25, 0.3) is 22.8 Å². The number of methoxy groups -OCH3 is 2. The van der Waals surface area contributed by atoms with Crippen LogP contribution in [0.2, 0.25) is 5.02 Å². The molecule has 7 nitrogen and oxygen atoms in total. The van der Waals surface area contributed by atoms with Crippen LogP contribution in [-0.2, 0) is 6.42 Å². The van der Waals surface area contributed by atoms with Crippen molar-refractivity contribution in [3.63, 3.8) is 0 Å². The maximum absolute atomic E-state index is 12.0. The van der Waals surface area contributed by atoms with Crippen molar-refractivity contribution in [3.05, 3.63) is 46.7 Å². The molecule has 1 aromatic carbocycles. The number of benzene rings is 1. The number of hydrogen-bond donors (Lipinski definition) is 2. The molecule has 1 aliphatic heterocycles. The fourth-order valence-electron chi connectivity index (χ4n) is 3.13. The molecular weight excluding hydrogens is 368 g/mol. The Morgan fingerprint density at radius 1 is 1.19 bits per heavy atom. The van der Waals surface area contributed by atoms with Crippen LogP contribution in [0.1, 0.15) is 16.1 Å². The van der Waals surface area contributed by atoms with Crippen LogP contribution in [0.5, 0.6) is 11.5 Å². The third-order valence-electron chi connectivity index (χ3n) is 4.43. The van der Waals surface area contributed by atoms with E-state index in [1.54, 1.807) is 31.5 Å². The maximum Gasteiger partial charge on any atom is 0.253 e. The highest BCUT2D eigenvalue weighted by molar-refractivity contribution is 6.32. The molecule has 0 unspecified atom stereocenters. The molecule has 0 fully saturated rings. The minimum absolute atomic E-state index is 0.0697. The van der Waals surface area contributed by atoms with Gasteiger partial charge in [-0.2, -0.15) is 0 Å². The van der Waals surface area contributed by atoms with Gasteiger partial charge < -0.3 is 19.8 Å². The summed E-state index contributed by atoms with van der Waals surface area (Å²) in [7, 11) is 3.08. The minimum Gasteiger partial charge on any atom is -0.493 e. The van der Waals surface area contributed by atoms with E-state index in [1.165, 1.54) is 7.11 Å². The molecule has 8 heteroatoms. The number of aromatic nitrogens is 3. The molecule has 0 saturated heterocycles. The van der Waals surface area contributed by atoms with Gasteiger partial charge in [-0.15, -0.1) is 0 Å². The molecule has 2 N–H and O–H groups in total. The molecule has 0 bridgehead atoms. The minimum atomic E-state index is -0.0697. The third kappa shape index (κ3) is 3.10. The Morgan fingerprint density at radius 2 is 2.04 bits per heavy atom. The number of fused-ring (bicyclic) bond motifs is 1. The second-order valence-electron chi connectivity index (χ2n) is 6.04. The molecule has 2 aromatic heterocycles. The van der Waals surface area contributed by atoms with Crippen LogP contribution in [-0.4, -0.2) is 41.6 Å². The standard InChI is InChI=1S/C19H17ClN4O3/c1-26-16-8-10(7-12(20)17(16)27-2)18-21-5-4-14(24-18)15-9-11-13(23-15)3-6-22-19(11)25/h4-5,7-9,23H,3,6H2,1-2H3,(H,22,25). The second kappa shape index (κ2) is 6.92. The highest BCUT2D eigenvalue weighted by Gasteiger charge is 2.21. The van der Waals surface area contributed by atoms with E-state index in [9.17, 15) is 4.79 Å². The molecule has 0 atom stereocenters. The Hall–Kier alpha value is -3.06. The average molecular weight is 385 g/mol. The molecular formula is C19H17ClN4O3. The summed E-state index contributed by atoms with van der Waals surface area (Å²) in [4.78, 5) is 24.2. The first-order chi connectivity index (χ1) is 13.1. The van der Waals surface area contributed by atoms with Crippen molar-refractivity contribution >= 4 is 17.5 Å². The largest absolute Gasteiger partial charge is 0.493 e. The number of carbonyl (C=O) groups is 1. The van der Waals surface area contributed by atoms with Crippen molar-refractivity contribution in [1.29, 1.82) is 0 Å². The maximum atomic E-state index is 12.0. The van der Waals surface area contributed by atoms with E-state index < -0.39 is 0 Å². The molecule has 0 radical (unpaired) electrons. The quantitative estimate of drug-likeness (QED) is 0.721. The number of halogens is 1. The van der Waals surface area contributed by atoms with Gasteiger partial charge in [0, 0.05) is 30.4 Å². The van der Waals surface area contributed by atoms with Gasteiger partial charge >= 0.3 is 0 Å². The lowest BCUT2D eigenvalue weighted by atomic mass is 10.1. The van der Waals surface area contributed by atoms with Crippen molar-refractivity contribution in [2.24, 2.45) is 0 Å². The molecule has 3 aromatic rings. The monoisotopic (exact) mass is 384 g/mol. The molecule has 0 spiro atoms. The zero-order valence-electron chi connectivity index (χ0n) is 14.8. The third-order valence-corrected chi connectivity index (χ3v) is 4.71. The predicted octanol–water partition coefficient (Wildman–Crippen LogP) is 3.10. The van der Waals surface area contributed by atoms with Gasteiger partial charge in [-0.1, -0.05) is 11.6 Å².